The van der Waals surface area contributed by atoms with E-state index in [2.05, 4.69) is 0 Å². The molecule has 23 heavy (non-hydrogen) atoms. The maximum absolute atomic E-state index is 12.6. The minimum absolute atomic E-state index is 0.0415. The summed E-state index contributed by atoms with van der Waals surface area (Å²) < 4.78 is 0. The number of para-hydroxylation sites is 1. The molecule has 2 aromatic rings. The molecule has 2 heterocycles. The summed E-state index contributed by atoms with van der Waals surface area (Å²) in [6, 6.07) is 8.95. The molecule has 0 radical (unpaired) electrons. The van der Waals surface area contributed by atoms with Gasteiger partial charge in [-0.3, -0.25) is 9.59 Å². The van der Waals surface area contributed by atoms with Gasteiger partial charge in [-0.1, -0.05) is 12.1 Å². The molecule has 2 N–H and O–H groups in total. The first-order valence-electron chi connectivity index (χ1n) is 7.62. The Morgan fingerprint density at radius 2 is 1.65 bits per heavy atom. The maximum Gasteiger partial charge on any atom is 0.256 e. The quantitative estimate of drug-likeness (QED) is 0.860. The Kier molecular flexibility index (Phi) is 4.62. The number of benzene rings is 1. The van der Waals surface area contributed by atoms with Gasteiger partial charge in [-0.05, 0) is 30.0 Å². The van der Waals surface area contributed by atoms with E-state index in [0.29, 0.717) is 37.4 Å². The zero-order valence-corrected chi connectivity index (χ0v) is 13.6. The summed E-state index contributed by atoms with van der Waals surface area (Å²) in [5.41, 5.74) is 7.65. The van der Waals surface area contributed by atoms with Crippen LogP contribution in [0.2, 0.25) is 0 Å². The van der Waals surface area contributed by atoms with Crippen molar-refractivity contribution in [2.24, 2.45) is 0 Å². The fraction of sp³-hybridized carbons (Fsp3) is 0.294. The van der Waals surface area contributed by atoms with Crippen molar-refractivity contribution in [3.8, 4) is 0 Å². The molecule has 2 amide bonds. The molecular weight excluding hydrogens is 310 g/mol. The number of nitrogens with two attached hydrogens (primary N) is 1. The summed E-state index contributed by atoms with van der Waals surface area (Å²) in [4.78, 5) is 28.7. The Balaban J connectivity index is 1.68. The van der Waals surface area contributed by atoms with Gasteiger partial charge in [0.2, 0.25) is 0 Å². The third kappa shape index (κ3) is 3.37. The van der Waals surface area contributed by atoms with Gasteiger partial charge in [0.1, 0.15) is 0 Å². The molecule has 0 saturated carbocycles. The molecule has 1 aliphatic rings. The molecule has 5 nitrogen and oxygen atoms in total. The van der Waals surface area contributed by atoms with Gasteiger partial charge >= 0.3 is 0 Å². The zero-order chi connectivity index (χ0) is 16.2. The van der Waals surface area contributed by atoms with Gasteiger partial charge in [0.15, 0.2) is 0 Å². The van der Waals surface area contributed by atoms with Crippen LogP contribution in [0.5, 0.6) is 0 Å². The Labute approximate surface area is 139 Å². The summed E-state index contributed by atoms with van der Waals surface area (Å²) in [5, 5.41) is 3.76. The molecule has 1 saturated heterocycles. The lowest BCUT2D eigenvalue weighted by molar-refractivity contribution is 0.0719. The lowest BCUT2D eigenvalue weighted by atomic mass is 10.1. The van der Waals surface area contributed by atoms with Crippen LogP contribution < -0.4 is 5.73 Å². The van der Waals surface area contributed by atoms with Crippen molar-refractivity contribution in [1.82, 2.24) is 9.80 Å². The fourth-order valence-electron chi connectivity index (χ4n) is 2.75. The molecule has 1 aromatic heterocycles. The number of nitrogens with zero attached hydrogens (tertiary/aromatic N) is 2. The van der Waals surface area contributed by atoms with E-state index < -0.39 is 0 Å². The number of anilines is 1. The number of hydrogen-bond donors (Lipinski definition) is 1. The highest BCUT2D eigenvalue weighted by Gasteiger charge is 2.24. The molecule has 0 aliphatic carbocycles. The smallest absolute Gasteiger partial charge is 0.256 e. The topological polar surface area (TPSA) is 66.6 Å². The number of rotatable bonds is 2. The summed E-state index contributed by atoms with van der Waals surface area (Å²) in [6.07, 6.45) is 0.772. The van der Waals surface area contributed by atoms with Crippen molar-refractivity contribution in [3.63, 3.8) is 0 Å². The Hall–Kier alpha value is -2.34. The summed E-state index contributed by atoms with van der Waals surface area (Å²) >= 11 is 1.52. The number of thiophene rings is 1. The lowest BCUT2D eigenvalue weighted by Crippen LogP contribution is -2.37. The summed E-state index contributed by atoms with van der Waals surface area (Å²) in [5.74, 6) is -0.0206. The normalized spacial score (nSPS) is 15.3. The number of amides is 2. The van der Waals surface area contributed by atoms with Crippen molar-refractivity contribution < 1.29 is 9.59 Å². The summed E-state index contributed by atoms with van der Waals surface area (Å²) in [6.45, 7) is 2.39. The molecule has 1 fully saturated rings. The monoisotopic (exact) mass is 329 g/mol. The third-order valence-corrected chi connectivity index (χ3v) is 4.71. The number of carbonyl (C=O) groups excluding carboxylic acids is 2. The van der Waals surface area contributed by atoms with Gasteiger partial charge in [0.25, 0.3) is 11.8 Å². The van der Waals surface area contributed by atoms with Crippen LogP contribution in [0.15, 0.2) is 41.1 Å². The van der Waals surface area contributed by atoms with Crippen LogP contribution in [-0.2, 0) is 0 Å². The maximum atomic E-state index is 12.6. The van der Waals surface area contributed by atoms with Crippen molar-refractivity contribution in [3.05, 3.63) is 52.2 Å². The van der Waals surface area contributed by atoms with E-state index in [0.717, 1.165) is 12.0 Å². The minimum Gasteiger partial charge on any atom is -0.398 e. The lowest BCUT2D eigenvalue weighted by Gasteiger charge is -2.22. The number of hydrogen-bond acceptors (Lipinski definition) is 4. The van der Waals surface area contributed by atoms with Crippen molar-refractivity contribution >= 4 is 28.8 Å². The van der Waals surface area contributed by atoms with Crippen molar-refractivity contribution in [2.45, 2.75) is 6.42 Å². The first kappa shape index (κ1) is 15.6. The van der Waals surface area contributed by atoms with Gasteiger partial charge < -0.3 is 15.5 Å². The van der Waals surface area contributed by atoms with Crippen LogP contribution in [0.25, 0.3) is 0 Å². The molecule has 1 aliphatic heterocycles. The molecule has 0 atom stereocenters. The average molecular weight is 329 g/mol. The number of carbonyl (C=O) groups is 2. The average Bonchev–Trinajstić information content (AvgIpc) is 2.98. The van der Waals surface area contributed by atoms with Crippen LogP contribution in [-0.4, -0.2) is 47.8 Å². The first-order valence-corrected chi connectivity index (χ1v) is 8.56. The van der Waals surface area contributed by atoms with Crippen LogP contribution in [0.1, 0.15) is 27.1 Å². The van der Waals surface area contributed by atoms with Gasteiger partial charge in [0.05, 0.1) is 11.1 Å². The van der Waals surface area contributed by atoms with E-state index in [9.17, 15) is 9.59 Å². The minimum atomic E-state index is -0.0621. The SMILES string of the molecule is Nc1ccccc1C(=O)N1CCCN(C(=O)c2ccsc2)CC1. The van der Waals surface area contributed by atoms with E-state index in [1.807, 2.05) is 33.9 Å². The standard InChI is InChI=1S/C17H19N3O2S/c18-15-5-2-1-4-14(15)17(22)20-8-3-7-19(9-10-20)16(21)13-6-11-23-12-13/h1-2,4-6,11-12H,3,7-10,18H2. The van der Waals surface area contributed by atoms with Crippen LogP contribution in [0, 0.1) is 0 Å². The zero-order valence-electron chi connectivity index (χ0n) is 12.8. The van der Waals surface area contributed by atoms with E-state index in [-0.39, 0.29) is 11.8 Å². The second-order valence-corrected chi connectivity index (χ2v) is 6.32. The van der Waals surface area contributed by atoms with Gasteiger partial charge in [-0.15, -0.1) is 0 Å². The van der Waals surface area contributed by atoms with Crippen molar-refractivity contribution in [2.75, 3.05) is 31.9 Å². The number of nitrogen functional groups attached to an aromatic ring is 1. The fourth-order valence-corrected chi connectivity index (χ4v) is 3.38. The molecular formula is C17H19N3O2S. The van der Waals surface area contributed by atoms with Crippen molar-refractivity contribution in [1.29, 1.82) is 0 Å². The highest BCUT2D eigenvalue weighted by atomic mass is 32.1. The van der Waals surface area contributed by atoms with Crippen LogP contribution in [0.4, 0.5) is 5.69 Å². The Morgan fingerprint density at radius 3 is 2.30 bits per heavy atom. The molecule has 6 heteroatoms. The Morgan fingerprint density at radius 1 is 0.957 bits per heavy atom. The van der Waals surface area contributed by atoms with Gasteiger partial charge in [0, 0.05) is 37.2 Å². The molecule has 0 unspecified atom stereocenters. The highest BCUT2D eigenvalue weighted by Crippen LogP contribution is 2.16. The summed E-state index contributed by atoms with van der Waals surface area (Å²) in [7, 11) is 0. The second-order valence-electron chi connectivity index (χ2n) is 5.54. The molecule has 0 bridgehead atoms. The highest BCUT2D eigenvalue weighted by molar-refractivity contribution is 7.08. The van der Waals surface area contributed by atoms with Crippen LogP contribution in [0.3, 0.4) is 0 Å². The Bertz CT molecular complexity index is 700. The van der Waals surface area contributed by atoms with E-state index in [4.69, 9.17) is 5.73 Å². The van der Waals surface area contributed by atoms with E-state index >= 15 is 0 Å². The molecule has 1 aromatic carbocycles. The second kappa shape index (κ2) is 6.83. The van der Waals surface area contributed by atoms with Gasteiger partial charge in [-0.2, -0.15) is 11.3 Å². The van der Waals surface area contributed by atoms with E-state index in [1.165, 1.54) is 11.3 Å². The largest absolute Gasteiger partial charge is 0.398 e. The molecule has 0 spiro atoms. The van der Waals surface area contributed by atoms with E-state index in [1.54, 1.807) is 17.0 Å². The van der Waals surface area contributed by atoms with Crippen LogP contribution >= 0.6 is 11.3 Å². The molecule has 120 valence electrons. The first-order chi connectivity index (χ1) is 11.2. The third-order valence-electron chi connectivity index (χ3n) is 4.03. The predicted molar refractivity (Wildman–Crippen MR) is 91.6 cm³/mol. The molecule has 3 rings (SSSR count). The predicted octanol–water partition coefficient (Wildman–Crippen LogP) is 2.32. The van der Waals surface area contributed by atoms with Gasteiger partial charge in [-0.25, -0.2) is 0 Å².